The first kappa shape index (κ1) is 15.5. The zero-order valence-corrected chi connectivity index (χ0v) is 13.2. The summed E-state index contributed by atoms with van der Waals surface area (Å²) in [6, 6.07) is 8.34. The highest BCUT2D eigenvalue weighted by Gasteiger charge is 2.29. The summed E-state index contributed by atoms with van der Waals surface area (Å²) < 4.78 is 0. The number of rotatable bonds is 4. The zero-order valence-electron chi connectivity index (χ0n) is 13.2. The minimum Gasteiger partial charge on any atom is -0.389 e. The van der Waals surface area contributed by atoms with Crippen molar-refractivity contribution >= 4 is 5.91 Å². The number of benzene rings is 1. The van der Waals surface area contributed by atoms with Crippen LogP contribution < -0.4 is 5.32 Å². The monoisotopic (exact) mass is 302 g/mol. The molecule has 0 radical (unpaired) electrons. The van der Waals surface area contributed by atoms with Gasteiger partial charge in [0.05, 0.1) is 12.1 Å². The Balaban J connectivity index is 1.47. The molecule has 0 unspecified atom stereocenters. The average Bonchev–Trinajstić information content (AvgIpc) is 2.55. The van der Waals surface area contributed by atoms with Crippen LogP contribution >= 0.6 is 0 Å². The molecule has 1 saturated carbocycles. The normalized spacial score (nSPS) is 20.5. The standard InChI is InChI=1S/C18H26N2O2/c21-17(12-19-14-18(22)9-4-1-5-10-18)20-11-8-15-6-2-3-7-16(15)13-20/h2-3,6-7,19,22H,1,4-5,8-14H2. The smallest absolute Gasteiger partial charge is 0.236 e. The average molecular weight is 302 g/mol. The van der Waals surface area contributed by atoms with Crippen molar-refractivity contribution in [2.24, 2.45) is 0 Å². The first-order valence-electron chi connectivity index (χ1n) is 8.44. The van der Waals surface area contributed by atoms with Crippen molar-refractivity contribution in [3.8, 4) is 0 Å². The van der Waals surface area contributed by atoms with Crippen LogP contribution in [-0.4, -0.2) is 41.1 Å². The number of amides is 1. The van der Waals surface area contributed by atoms with Crippen molar-refractivity contribution in [2.45, 2.75) is 50.7 Å². The summed E-state index contributed by atoms with van der Waals surface area (Å²) in [5.74, 6) is 0.133. The third-order valence-corrected chi connectivity index (χ3v) is 5.00. The Morgan fingerprint density at radius 1 is 1.18 bits per heavy atom. The number of hydrogen-bond donors (Lipinski definition) is 2. The summed E-state index contributed by atoms with van der Waals surface area (Å²) in [6.07, 6.45) is 6.04. The van der Waals surface area contributed by atoms with Crippen molar-refractivity contribution in [3.05, 3.63) is 35.4 Å². The molecule has 4 nitrogen and oxygen atoms in total. The van der Waals surface area contributed by atoms with Crippen LogP contribution in [-0.2, 0) is 17.8 Å². The summed E-state index contributed by atoms with van der Waals surface area (Å²) in [6.45, 7) is 2.36. The van der Waals surface area contributed by atoms with E-state index in [0.29, 0.717) is 19.6 Å². The van der Waals surface area contributed by atoms with E-state index in [1.807, 2.05) is 11.0 Å². The fourth-order valence-corrected chi connectivity index (χ4v) is 3.61. The van der Waals surface area contributed by atoms with E-state index >= 15 is 0 Å². The van der Waals surface area contributed by atoms with Crippen molar-refractivity contribution < 1.29 is 9.90 Å². The lowest BCUT2D eigenvalue weighted by atomic mass is 9.85. The molecule has 1 fully saturated rings. The largest absolute Gasteiger partial charge is 0.389 e. The van der Waals surface area contributed by atoms with Gasteiger partial charge in [-0.2, -0.15) is 0 Å². The molecule has 2 aliphatic rings. The van der Waals surface area contributed by atoms with Crippen LogP contribution in [0.2, 0.25) is 0 Å². The third-order valence-electron chi connectivity index (χ3n) is 5.00. The van der Waals surface area contributed by atoms with E-state index in [0.717, 1.165) is 38.6 Å². The Hall–Kier alpha value is -1.39. The topological polar surface area (TPSA) is 52.6 Å². The molecule has 1 heterocycles. The van der Waals surface area contributed by atoms with Crippen LogP contribution in [0.4, 0.5) is 0 Å². The van der Waals surface area contributed by atoms with Gasteiger partial charge in [0.1, 0.15) is 0 Å². The molecule has 3 rings (SSSR count). The maximum Gasteiger partial charge on any atom is 0.236 e. The van der Waals surface area contributed by atoms with E-state index in [9.17, 15) is 9.90 Å². The molecule has 1 amide bonds. The van der Waals surface area contributed by atoms with Gasteiger partial charge in [0, 0.05) is 19.6 Å². The fraction of sp³-hybridized carbons (Fsp3) is 0.611. The Morgan fingerprint density at radius 2 is 1.91 bits per heavy atom. The van der Waals surface area contributed by atoms with E-state index in [-0.39, 0.29) is 5.91 Å². The molecule has 120 valence electrons. The third kappa shape index (κ3) is 3.68. The number of fused-ring (bicyclic) bond motifs is 1. The Kier molecular flexibility index (Phi) is 4.79. The van der Waals surface area contributed by atoms with E-state index in [4.69, 9.17) is 0 Å². The van der Waals surface area contributed by atoms with Gasteiger partial charge >= 0.3 is 0 Å². The fourth-order valence-electron chi connectivity index (χ4n) is 3.61. The molecule has 0 spiro atoms. The first-order valence-corrected chi connectivity index (χ1v) is 8.44. The molecule has 4 heteroatoms. The predicted octanol–water partition coefficient (Wildman–Crippen LogP) is 1.86. The van der Waals surface area contributed by atoms with Crippen molar-refractivity contribution in [1.82, 2.24) is 10.2 Å². The summed E-state index contributed by atoms with van der Waals surface area (Å²) >= 11 is 0. The molecule has 0 saturated heterocycles. The molecule has 22 heavy (non-hydrogen) atoms. The van der Waals surface area contributed by atoms with Gasteiger partial charge in [-0.15, -0.1) is 0 Å². The summed E-state index contributed by atoms with van der Waals surface area (Å²) in [5, 5.41) is 13.6. The lowest BCUT2D eigenvalue weighted by molar-refractivity contribution is -0.131. The molecule has 1 aromatic rings. The Labute approximate surface area is 132 Å². The number of nitrogens with one attached hydrogen (secondary N) is 1. The number of hydrogen-bond acceptors (Lipinski definition) is 3. The number of nitrogens with zero attached hydrogens (tertiary/aromatic N) is 1. The minimum atomic E-state index is -0.604. The van der Waals surface area contributed by atoms with Gasteiger partial charge in [-0.05, 0) is 30.4 Å². The van der Waals surface area contributed by atoms with Crippen LogP contribution in [0, 0.1) is 0 Å². The minimum absolute atomic E-state index is 0.133. The van der Waals surface area contributed by atoms with Gasteiger partial charge in [-0.25, -0.2) is 0 Å². The van der Waals surface area contributed by atoms with Crippen molar-refractivity contribution in [3.63, 3.8) is 0 Å². The lowest BCUT2D eigenvalue weighted by Crippen LogP contribution is -2.47. The molecule has 2 N–H and O–H groups in total. The Bertz CT molecular complexity index is 524. The van der Waals surface area contributed by atoms with Gasteiger partial charge in [0.25, 0.3) is 0 Å². The van der Waals surface area contributed by atoms with E-state index in [1.165, 1.54) is 17.5 Å². The van der Waals surface area contributed by atoms with Gasteiger partial charge in [-0.1, -0.05) is 43.5 Å². The quantitative estimate of drug-likeness (QED) is 0.892. The zero-order chi connectivity index (χ0) is 15.4. The lowest BCUT2D eigenvalue weighted by Gasteiger charge is -2.33. The number of carbonyl (C=O) groups excluding carboxylic acids is 1. The predicted molar refractivity (Wildman–Crippen MR) is 86.5 cm³/mol. The van der Waals surface area contributed by atoms with Crippen LogP contribution in [0.15, 0.2) is 24.3 Å². The van der Waals surface area contributed by atoms with E-state index in [2.05, 4.69) is 23.5 Å². The number of aliphatic hydroxyl groups is 1. The second-order valence-electron chi connectivity index (χ2n) is 6.72. The second kappa shape index (κ2) is 6.80. The van der Waals surface area contributed by atoms with Gasteiger partial charge in [-0.3, -0.25) is 4.79 Å². The molecule has 1 aliphatic carbocycles. The summed E-state index contributed by atoms with van der Waals surface area (Å²) in [5.41, 5.74) is 2.01. The van der Waals surface area contributed by atoms with Gasteiger partial charge < -0.3 is 15.3 Å². The highest BCUT2D eigenvalue weighted by molar-refractivity contribution is 5.78. The maximum absolute atomic E-state index is 12.3. The van der Waals surface area contributed by atoms with Crippen LogP contribution in [0.3, 0.4) is 0 Å². The summed E-state index contributed by atoms with van der Waals surface area (Å²) in [7, 11) is 0. The molecular weight excluding hydrogens is 276 g/mol. The maximum atomic E-state index is 12.3. The van der Waals surface area contributed by atoms with Crippen molar-refractivity contribution in [2.75, 3.05) is 19.6 Å². The molecule has 1 aliphatic heterocycles. The van der Waals surface area contributed by atoms with Crippen LogP contribution in [0.25, 0.3) is 0 Å². The van der Waals surface area contributed by atoms with Gasteiger partial charge in [0.2, 0.25) is 5.91 Å². The Morgan fingerprint density at radius 3 is 2.68 bits per heavy atom. The molecule has 1 aromatic carbocycles. The molecular formula is C18H26N2O2. The summed E-state index contributed by atoms with van der Waals surface area (Å²) in [4.78, 5) is 14.3. The van der Waals surface area contributed by atoms with E-state index < -0.39 is 5.60 Å². The SMILES string of the molecule is O=C(CNCC1(O)CCCCC1)N1CCc2ccccc2C1. The molecule has 0 atom stereocenters. The first-order chi connectivity index (χ1) is 10.7. The number of carbonyl (C=O) groups is 1. The van der Waals surface area contributed by atoms with Gasteiger partial charge in [0.15, 0.2) is 0 Å². The second-order valence-corrected chi connectivity index (χ2v) is 6.72. The van der Waals surface area contributed by atoms with Crippen LogP contribution in [0.5, 0.6) is 0 Å². The van der Waals surface area contributed by atoms with Crippen molar-refractivity contribution in [1.29, 1.82) is 0 Å². The molecule has 0 aromatic heterocycles. The van der Waals surface area contributed by atoms with Crippen LogP contribution in [0.1, 0.15) is 43.2 Å². The highest BCUT2D eigenvalue weighted by Crippen LogP contribution is 2.27. The van der Waals surface area contributed by atoms with E-state index in [1.54, 1.807) is 0 Å². The molecule has 0 bridgehead atoms. The highest BCUT2D eigenvalue weighted by atomic mass is 16.3.